The Hall–Kier alpha value is -1.91. The zero-order chi connectivity index (χ0) is 15.8. The van der Waals surface area contributed by atoms with Crippen molar-refractivity contribution in [3.05, 3.63) is 48.0 Å². The molecule has 0 fully saturated rings. The van der Waals surface area contributed by atoms with Crippen LogP contribution in [0.15, 0.2) is 42.5 Å². The van der Waals surface area contributed by atoms with Crippen LogP contribution in [0.5, 0.6) is 0 Å². The first-order valence-electron chi connectivity index (χ1n) is 7.87. The average Bonchev–Trinajstić information content (AvgIpc) is 2.57. The third-order valence-corrected chi connectivity index (χ3v) is 3.88. The van der Waals surface area contributed by atoms with E-state index in [0.29, 0.717) is 13.1 Å². The molecule has 0 heterocycles. The number of likely N-dealkylation sites (N-methyl/N-ethyl adjacent to an activating group) is 1. The van der Waals surface area contributed by atoms with Gasteiger partial charge in [0.1, 0.15) is 0 Å². The predicted molar refractivity (Wildman–Crippen MR) is 91.5 cm³/mol. The fraction of sp³-hybridized carbons (Fsp3) is 0.389. The Bertz CT molecular complexity index is 612. The molecule has 0 bridgehead atoms. The van der Waals surface area contributed by atoms with E-state index in [1.54, 1.807) is 7.05 Å². The number of nitrogens with one attached hydrogen (secondary N) is 2. The average molecular weight is 299 g/mol. The van der Waals surface area contributed by atoms with Crippen molar-refractivity contribution in [2.75, 3.05) is 13.6 Å². The molecule has 4 N–H and O–H groups in total. The Kier molecular flexibility index (Phi) is 6.37. The van der Waals surface area contributed by atoms with Gasteiger partial charge in [-0.3, -0.25) is 4.79 Å². The number of carbonyl (C=O) groups is 1. The van der Waals surface area contributed by atoms with Gasteiger partial charge in [0, 0.05) is 13.6 Å². The summed E-state index contributed by atoms with van der Waals surface area (Å²) in [6, 6.07) is 14.5. The molecule has 2 aromatic rings. The van der Waals surface area contributed by atoms with Gasteiger partial charge >= 0.3 is 0 Å². The third-order valence-electron chi connectivity index (χ3n) is 3.88. The molecule has 0 aromatic heterocycles. The topological polar surface area (TPSA) is 67.2 Å². The van der Waals surface area contributed by atoms with Gasteiger partial charge < -0.3 is 16.4 Å². The van der Waals surface area contributed by atoms with E-state index in [4.69, 9.17) is 5.73 Å². The van der Waals surface area contributed by atoms with Crippen molar-refractivity contribution in [1.82, 2.24) is 10.6 Å². The van der Waals surface area contributed by atoms with E-state index in [1.807, 2.05) is 12.1 Å². The Balaban J connectivity index is 1.98. The van der Waals surface area contributed by atoms with Crippen molar-refractivity contribution >= 4 is 16.7 Å². The van der Waals surface area contributed by atoms with Crippen LogP contribution in [0.25, 0.3) is 10.8 Å². The third kappa shape index (κ3) is 4.55. The van der Waals surface area contributed by atoms with Crippen LogP contribution in [0.2, 0.25) is 0 Å². The van der Waals surface area contributed by atoms with E-state index in [2.05, 4.69) is 41.0 Å². The number of nitrogens with two attached hydrogens (primary N) is 1. The first kappa shape index (κ1) is 16.5. The van der Waals surface area contributed by atoms with Crippen LogP contribution < -0.4 is 16.4 Å². The van der Waals surface area contributed by atoms with Crippen molar-refractivity contribution in [2.24, 2.45) is 5.73 Å². The van der Waals surface area contributed by atoms with E-state index in [1.165, 1.54) is 16.3 Å². The van der Waals surface area contributed by atoms with Crippen LogP contribution in [0.3, 0.4) is 0 Å². The van der Waals surface area contributed by atoms with Gasteiger partial charge in [-0.1, -0.05) is 42.8 Å². The molecule has 1 amide bonds. The number of carbonyl (C=O) groups excluding carboxylic acids is 1. The van der Waals surface area contributed by atoms with Gasteiger partial charge in [-0.15, -0.1) is 0 Å². The van der Waals surface area contributed by atoms with Gasteiger partial charge in [-0.2, -0.15) is 0 Å². The molecule has 0 unspecified atom stereocenters. The molecule has 0 aliphatic rings. The summed E-state index contributed by atoms with van der Waals surface area (Å²) in [5, 5.41) is 8.54. The Labute approximate surface area is 132 Å². The minimum atomic E-state index is -0.164. The number of unbranched alkanes of at least 4 members (excludes halogenated alkanes) is 1. The quantitative estimate of drug-likeness (QED) is 0.654. The van der Waals surface area contributed by atoms with Crippen molar-refractivity contribution < 1.29 is 4.79 Å². The molecular weight excluding hydrogens is 274 g/mol. The number of hydrogen-bond acceptors (Lipinski definition) is 3. The summed E-state index contributed by atoms with van der Waals surface area (Å²) in [5.41, 5.74) is 6.71. The largest absolute Gasteiger partial charge is 0.358 e. The molecule has 0 radical (unpaired) electrons. The lowest BCUT2D eigenvalue weighted by Crippen LogP contribution is -2.42. The Morgan fingerprint density at radius 3 is 2.64 bits per heavy atom. The summed E-state index contributed by atoms with van der Waals surface area (Å²) in [5.74, 6) is 0.0396. The van der Waals surface area contributed by atoms with Crippen molar-refractivity contribution in [2.45, 2.75) is 31.8 Å². The molecule has 0 spiro atoms. The van der Waals surface area contributed by atoms with Crippen molar-refractivity contribution in [1.29, 1.82) is 0 Å². The minimum Gasteiger partial charge on any atom is -0.358 e. The maximum Gasteiger partial charge on any atom is 0.236 e. The highest BCUT2D eigenvalue weighted by Gasteiger charge is 2.15. The minimum absolute atomic E-state index is 0.0396. The molecule has 0 saturated heterocycles. The molecule has 0 aliphatic heterocycles. The lowest BCUT2D eigenvalue weighted by Gasteiger charge is -2.17. The number of benzene rings is 2. The predicted octanol–water partition coefficient (Wildman–Crippen LogP) is 2.17. The summed E-state index contributed by atoms with van der Waals surface area (Å²) in [6.07, 6.45) is 2.72. The highest BCUT2D eigenvalue weighted by Crippen LogP contribution is 2.15. The molecule has 118 valence electrons. The molecule has 1 atom stereocenters. The lowest BCUT2D eigenvalue weighted by molar-refractivity contribution is -0.122. The molecule has 4 nitrogen and oxygen atoms in total. The first-order valence-corrected chi connectivity index (χ1v) is 7.87. The monoisotopic (exact) mass is 299 g/mol. The fourth-order valence-corrected chi connectivity index (χ4v) is 2.58. The van der Waals surface area contributed by atoms with Crippen molar-refractivity contribution in [3.8, 4) is 0 Å². The van der Waals surface area contributed by atoms with Gasteiger partial charge in [0.15, 0.2) is 0 Å². The highest BCUT2D eigenvalue weighted by atomic mass is 16.2. The van der Waals surface area contributed by atoms with Crippen LogP contribution in [-0.4, -0.2) is 25.5 Å². The molecule has 2 rings (SSSR count). The molecular formula is C18H25N3O. The second-order valence-electron chi connectivity index (χ2n) is 5.51. The Morgan fingerprint density at radius 2 is 1.91 bits per heavy atom. The maximum atomic E-state index is 11.9. The molecule has 22 heavy (non-hydrogen) atoms. The number of fused-ring (bicyclic) bond motifs is 1. The second-order valence-corrected chi connectivity index (χ2v) is 5.51. The van der Waals surface area contributed by atoms with Gasteiger partial charge in [0.25, 0.3) is 0 Å². The van der Waals surface area contributed by atoms with E-state index in [9.17, 15) is 4.79 Å². The first-order chi connectivity index (χ1) is 10.7. The smallest absolute Gasteiger partial charge is 0.236 e. The summed E-state index contributed by atoms with van der Waals surface area (Å²) in [7, 11) is 1.68. The van der Waals surface area contributed by atoms with Crippen molar-refractivity contribution in [3.63, 3.8) is 0 Å². The summed E-state index contributed by atoms with van der Waals surface area (Å²) in [6.45, 7) is 1.36. The summed E-state index contributed by atoms with van der Waals surface area (Å²) in [4.78, 5) is 11.9. The van der Waals surface area contributed by atoms with Gasteiger partial charge in [0.05, 0.1) is 6.04 Å². The van der Waals surface area contributed by atoms with Crippen LogP contribution in [0.1, 0.15) is 24.8 Å². The molecule has 0 aliphatic carbocycles. The normalized spacial score (nSPS) is 12.3. The lowest BCUT2D eigenvalue weighted by atomic mass is 10.1. The van der Waals surface area contributed by atoms with Crippen LogP contribution in [0, 0.1) is 0 Å². The van der Waals surface area contributed by atoms with Crippen LogP contribution in [-0.2, 0) is 11.3 Å². The number of hydrogen-bond donors (Lipinski definition) is 3. The van der Waals surface area contributed by atoms with Gasteiger partial charge in [-0.05, 0) is 41.8 Å². The molecule has 2 aromatic carbocycles. The molecule has 4 heteroatoms. The second kappa shape index (κ2) is 8.51. The van der Waals surface area contributed by atoms with E-state index < -0.39 is 0 Å². The molecule has 0 saturated carbocycles. The Morgan fingerprint density at radius 1 is 1.14 bits per heavy atom. The number of amides is 1. The van der Waals surface area contributed by atoms with Gasteiger partial charge in [0.2, 0.25) is 5.91 Å². The maximum absolute atomic E-state index is 11.9. The van der Waals surface area contributed by atoms with E-state index in [-0.39, 0.29) is 11.9 Å². The van der Waals surface area contributed by atoms with Crippen LogP contribution in [0.4, 0.5) is 0 Å². The zero-order valence-electron chi connectivity index (χ0n) is 13.1. The highest BCUT2D eigenvalue weighted by molar-refractivity contribution is 5.83. The number of rotatable bonds is 8. The van der Waals surface area contributed by atoms with E-state index >= 15 is 0 Å². The van der Waals surface area contributed by atoms with Gasteiger partial charge in [-0.25, -0.2) is 0 Å². The van der Waals surface area contributed by atoms with Crippen LogP contribution >= 0.6 is 0 Å². The summed E-state index contributed by atoms with van der Waals surface area (Å²) >= 11 is 0. The summed E-state index contributed by atoms with van der Waals surface area (Å²) < 4.78 is 0. The van der Waals surface area contributed by atoms with E-state index in [0.717, 1.165) is 19.3 Å². The standard InChI is InChI=1S/C18H25N3O/c1-20-18(22)17(8-4-5-11-19)21-13-14-9-10-15-6-2-3-7-16(15)12-14/h2-3,6-7,9-10,12,17,21H,4-5,8,11,13,19H2,1H3,(H,20,22)/t17-/m0/s1. The fourth-order valence-electron chi connectivity index (χ4n) is 2.58. The SMILES string of the molecule is CNC(=O)[C@H](CCCCN)NCc1ccc2ccccc2c1. The zero-order valence-corrected chi connectivity index (χ0v) is 13.1.